The molecule has 0 aliphatic heterocycles. The molecule has 3 aromatic carbocycles. The second-order valence-electron chi connectivity index (χ2n) is 6.59. The summed E-state index contributed by atoms with van der Waals surface area (Å²) in [6.07, 6.45) is 0. The largest absolute Gasteiger partial charge is 0.492 e. The SMILES string of the molecule is CCOc1ccccc1NC(=O)CSCC(=O)Nc1ccc(Nc2ccccc2)cc1. The first-order valence-electron chi connectivity index (χ1n) is 9.95. The summed E-state index contributed by atoms with van der Waals surface area (Å²) in [6.45, 7) is 2.41. The minimum absolute atomic E-state index is 0.156. The molecule has 0 saturated carbocycles. The molecule has 3 rings (SSSR count). The van der Waals surface area contributed by atoms with Crippen LogP contribution in [0.5, 0.6) is 5.75 Å². The average molecular weight is 436 g/mol. The molecule has 0 aliphatic rings. The van der Waals surface area contributed by atoms with Crippen LogP contribution in [-0.2, 0) is 9.59 Å². The average Bonchev–Trinajstić information content (AvgIpc) is 2.77. The number of rotatable bonds is 10. The molecule has 0 radical (unpaired) electrons. The highest BCUT2D eigenvalue weighted by molar-refractivity contribution is 8.00. The van der Waals surface area contributed by atoms with Gasteiger partial charge in [-0.25, -0.2) is 0 Å². The molecule has 160 valence electrons. The van der Waals surface area contributed by atoms with Crippen molar-refractivity contribution in [1.82, 2.24) is 0 Å². The van der Waals surface area contributed by atoms with E-state index in [2.05, 4.69) is 16.0 Å². The first kappa shape index (κ1) is 22.2. The van der Waals surface area contributed by atoms with E-state index in [1.165, 1.54) is 11.8 Å². The van der Waals surface area contributed by atoms with Crippen molar-refractivity contribution in [2.75, 3.05) is 34.1 Å². The molecule has 31 heavy (non-hydrogen) atoms. The van der Waals surface area contributed by atoms with Gasteiger partial charge in [0.15, 0.2) is 0 Å². The van der Waals surface area contributed by atoms with Gasteiger partial charge in [-0.05, 0) is 55.5 Å². The maximum absolute atomic E-state index is 12.2. The highest BCUT2D eigenvalue weighted by Crippen LogP contribution is 2.24. The van der Waals surface area contributed by atoms with Gasteiger partial charge in [-0.1, -0.05) is 30.3 Å². The van der Waals surface area contributed by atoms with Crippen molar-refractivity contribution in [2.45, 2.75) is 6.92 Å². The lowest BCUT2D eigenvalue weighted by Gasteiger charge is -2.11. The summed E-state index contributed by atoms with van der Waals surface area (Å²) in [4.78, 5) is 24.3. The molecule has 0 atom stereocenters. The lowest BCUT2D eigenvalue weighted by atomic mass is 10.2. The number of anilines is 4. The van der Waals surface area contributed by atoms with Crippen LogP contribution >= 0.6 is 11.8 Å². The summed E-state index contributed by atoms with van der Waals surface area (Å²) in [7, 11) is 0. The number of nitrogens with one attached hydrogen (secondary N) is 3. The summed E-state index contributed by atoms with van der Waals surface area (Å²) in [5.41, 5.74) is 3.27. The van der Waals surface area contributed by atoms with Crippen molar-refractivity contribution in [2.24, 2.45) is 0 Å². The minimum Gasteiger partial charge on any atom is -0.492 e. The van der Waals surface area contributed by atoms with Crippen LogP contribution in [0.3, 0.4) is 0 Å². The molecule has 3 N–H and O–H groups in total. The molecule has 0 fully saturated rings. The molecule has 0 heterocycles. The van der Waals surface area contributed by atoms with Gasteiger partial charge in [-0.3, -0.25) is 9.59 Å². The fourth-order valence-corrected chi connectivity index (χ4v) is 3.41. The molecule has 0 saturated heterocycles. The van der Waals surface area contributed by atoms with Crippen LogP contribution in [0.4, 0.5) is 22.7 Å². The summed E-state index contributed by atoms with van der Waals surface area (Å²) in [6, 6.07) is 24.6. The molecule has 0 bridgehead atoms. The molecule has 0 aromatic heterocycles. The molecule has 2 amide bonds. The van der Waals surface area contributed by atoms with Crippen molar-refractivity contribution < 1.29 is 14.3 Å². The zero-order chi connectivity index (χ0) is 21.9. The Morgan fingerprint density at radius 1 is 0.742 bits per heavy atom. The second kappa shape index (κ2) is 11.7. The first-order valence-corrected chi connectivity index (χ1v) is 11.1. The molecular formula is C24H25N3O3S. The van der Waals surface area contributed by atoms with Crippen LogP contribution in [0.1, 0.15) is 6.92 Å². The van der Waals surface area contributed by atoms with Crippen LogP contribution in [0.15, 0.2) is 78.9 Å². The van der Waals surface area contributed by atoms with Crippen molar-refractivity contribution in [1.29, 1.82) is 0 Å². The zero-order valence-electron chi connectivity index (χ0n) is 17.3. The Hall–Kier alpha value is -3.45. The molecule has 3 aromatic rings. The van der Waals surface area contributed by atoms with Crippen molar-refractivity contribution in [3.05, 3.63) is 78.9 Å². The topological polar surface area (TPSA) is 79.5 Å². The highest BCUT2D eigenvalue weighted by atomic mass is 32.2. The van der Waals surface area contributed by atoms with Gasteiger partial charge in [0.2, 0.25) is 11.8 Å². The Kier molecular flexibility index (Phi) is 8.37. The van der Waals surface area contributed by atoms with Gasteiger partial charge in [0, 0.05) is 17.1 Å². The lowest BCUT2D eigenvalue weighted by molar-refractivity contribution is -0.114. The van der Waals surface area contributed by atoms with E-state index in [0.717, 1.165) is 11.4 Å². The Labute approximate surface area is 186 Å². The van der Waals surface area contributed by atoms with Crippen LogP contribution in [0.25, 0.3) is 0 Å². The normalized spacial score (nSPS) is 10.2. The van der Waals surface area contributed by atoms with Crippen LogP contribution < -0.4 is 20.7 Å². The monoisotopic (exact) mass is 435 g/mol. The van der Waals surface area contributed by atoms with E-state index < -0.39 is 0 Å². The van der Waals surface area contributed by atoms with Crippen molar-refractivity contribution in [3.8, 4) is 5.75 Å². The van der Waals surface area contributed by atoms with E-state index in [9.17, 15) is 9.59 Å². The Morgan fingerprint density at radius 3 is 2.03 bits per heavy atom. The van der Waals surface area contributed by atoms with Crippen LogP contribution in [0.2, 0.25) is 0 Å². The molecule has 0 spiro atoms. The predicted octanol–water partition coefficient (Wildman–Crippen LogP) is 5.14. The third kappa shape index (κ3) is 7.38. The number of hydrogen-bond acceptors (Lipinski definition) is 5. The summed E-state index contributed by atoms with van der Waals surface area (Å²) in [5, 5.41) is 8.96. The summed E-state index contributed by atoms with van der Waals surface area (Å²) >= 11 is 1.25. The molecule has 0 unspecified atom stereocenters. The van der Waals surface area contributed by atoms with E-state index in [-0.39, 0.29) is 23.3 Å². The van der Waals surface area contributed by atoms with Gasteiger partial charge >= 0.3 is 0 Å². The number of carbonyl (C=O) groups is 2. The van der Waals surface area contributed by atoms with Crippen LogP contribution in [0, 0.1) is 0 Å². The van der Waals surface area contributed by atoms with E-state index in [0.29, 0.717) is 23.7 Å². The maximum atomic E-state index is 12.2. The van der Waals surface area contributed by atoms with E-state index in [1.807, 2.05) is 73.7 Å². The predicted molar refractivity (Wildman–Crippen MR) is 128 cm³/mol. The maximum Gasteiger partial charge on any atom is 0.234 e. The van der Waals surface area contributed by atoms with Crippen molar-refractivity contribution >= 4 is 46.3 Å². The molecular weight excluding hydrogens is 410 g/mol. The third-order valence-electron chi connectivity index (χ3n) is 4.16. The van der Waals surface area contributed by atoms with Gasteiger partial charge in [-0.15, -0.1) is 11.8 Å². The number of amides is 2. The third-order valence-corrected chi connectivity index (χ3v) is 5.09. The first-order chi connectivity index (χ1) is 15.1. The smallest absolute Gasteiger partial charge is 0.234 e. The van der Waals surface area contributed by atoms with E-state index >= 15 is 0 Å². The van der Waals surface area contributed by atoms with Gasteiger partial charge in [0.05, 0.1) is 23.8 Å². The number of benzene rings is 3. The van der Waals surface area contributed by atoms with Gasteiger partial charge in [-0.2, -0.15) is 0 Å². The minimum atomic E-state index is -0.179. The Bertz CT molecular complexity index is 994. The number of carbonyl (C=O) groups excluding carboxylic acids is 2. The van der Waals surface area contributed by atoms with E-state index in [4.69, 9.17) is 4.74 Å². The standard InChI is InChI=1S/C24H25N3O3S/c1-2-30-22-11-7-6-10-21(22)27-24(29)17-31-16-23(28)26-20-14-12-19(13-15-20)25-18-8-4-3-5-9-18/h3-15,25H,2,16-17H2,1H3,(H,26,28)(H,27,29). The van der Waals surface area contributed by atoms with Crippen molar-refractivity contribution in [3.63, 3.8) is 0 Å². The van der Waals surface area contributed by atoms with Gasteiger partial charge in [0.1, 0.15) is 5.75 Å². The number of para-hydroxylation sites is 3. The Balaban J connectivity index is 1.40. The fraction of sp³-hybridized carbons (Fsp3) is 0.167. The molecule has 7 heteroatoms. The highest BCUT2D eigenvalue weighted by Gasteiger charge is 2.09. The van der Waals surface area contributed by atoms with Gasteiger partial charge in [0.25, 0.3) is 0 Å². The lowest BCUT2D eigenvalue weighted by Crippen LogP contribution is -2.18. The Morgan fingerprint density at radius 2 is 1.32 bits per heavy atom. The van der Waals surface area contributed by atoms with E-state index in [1.54, 1.807) is 12.1 Å². The summed E-state index contributed by atoms with van der Waals surface area (Å²) in [5.74, 6) is 0.655. The molecule has 6 nitrogen and oxygen atoms in total. The number of hydrogen-bond donors (Lipinski definition) is 3. The quantitative estimate of drug-likeness (QED) is 0.411. The number of thioether (sulfide) groups is 1. The summed E-state index contributed by atoms with van der Waals surface area (Å²) < 4.78 is 5.50. The zero-order valence-corrected chi connectivity index (χ0v) is 18.1. The fourth-order valence-electron chi connectivity index (χ4n) is 2.80. The van der Waals surface area contributed by atoms with Crippen LogP contribution in [-0.4, -0.2) is 29.9 Å². The number of ether oxygens (including phenoxy) is 1. The van der Waals surface area contributed by atoms with Gasteiger partial charge < -0.3 is 20.7 Å². The molecule has 0 aliphatic carbocycles. The second-order valence-corrected chi connectivity index (χ2v) is 7.57.